The molecule has 1 aliphatic rings. The number of carbonyl (C=O) groups is 1. The van der Waals surface area contributed by atoms with Gasteiger partial charge in [0.1, 0.15) is 17.8 Å². The number of amides is 1. The van der Waals surface area contributed by atoms with Crippen LogP contribution in [0.5, 0.6) is 11.5 Å². The van der Waals surface area contributed by atoms with E-state index in [-0.39, 0.29) is 5.57 Å². The van der Waals surface area contributed by atoms with Crippen LogP contribution < -0.4 is 19.7 Å². The molecular weight excluding hydrogens is 350 g/mol. The van der Waals surface area contributed by atoms with Crippen LogP contribution >= 0.6 is 12.6 Å². The largest absolute Gasteiger partial charge is 0.493 e. The Morgan fingerprint density at radius 3 is 2.42 bits per heavy atom. The van der Waals surface area contributed by atoms with E-state index in [2.05, 4.69) is 17.9 Å². The zero-order chi connectivity index (χ0) is 18.7. The predicted octanol–water partition coefficient (Wildman–Crippen LogP) is 3.00. The van der Waals surface area contributed by atoms with Crippen molar-refractivity contribution in [2.75, 3.05) is 19.1 Å². The average Bonchev–Trinajstić information content (AvgIpc) is 2.68. The molecule has 2 aromatic rings. The van der Waals surface area contributed by atoms with Gasteiger partial charge in [0.2, 0.25) is 0 Å². The van der Waals surface area contributed by atoms with Crippen LogP contribution in [0.3, 0.4) is 0 Å². The Kier molecular flexibility index (Phi) is 5.05. The van der Waals surface area contributed by atoms with E-state index in [0.29, 0.717) is 16.5 Å². The molecular formula is C19H17N3O3S. The smallest absolute Gasteiger partial charge is 0.266 e. The van der Waals surface area contributed by atoms with Crippen LogP contribution in [-0.2, 0) is 4.79 Å². The second-order valence-corrected chi connectivity index (χ2v) is 5.93. The maximum atomic E-state index is 12.4. The second-order valence-electron chi connectivity index (χ2n) is 5.51. The lowest BCUT2D eigenvalue weighted by atomic mass is 10.1. The number of ether oxygens (including phenoxy) is 2. The van der Waals surface area contributed by atoms with Gasteiger partial charge in [-0.3, -0.25) is 4.79 Å². The van der Waals surface area contributed by atoms with Crippen LogP contribution in [-0.4, -0.2) is 20.1 Å². The van der Waals surface area contributed by atoms with Gasteiger partial charge in [0.05, 0.1) is 19.2 Å². The number of nitrogens with one attached hydrogen (secondary N) is 1. The first-order valence-corrected chi connectivity index (χ1v) is 8.25. The summed E-state index contributed by atoms with van der Waals surface area (Å²) in [7, 11) is 3.11. The van der Waals surface area contributed by atoms with Crippen molar-refractivity contribution >= 4 is 24.2 Å². The first-order chi connectivity index (χ1) is 12.6. The summed E-state index contributed by atoms with van der Waals surface area (Å²) in [5.41, 5.74) is 1.53. The molecule has 0 aromatic heterocycles. The molecule has 1 atom stereocenters. The number of hydrogen-bond acceptors (Lipinski definition) is 6. The molecule has 1 heterocycles. The maximum Gasteiger partial charge on any atom is 0.266 e. The highest BCUT2D eigenvalue weighted by Crippen LogP contribution is 2.38. The second kappa shape index (κ2) is 7.42. The Balaban J connectivity index is 2.15. The van der Waals surface area contributed by atoms with Gasteiger partial charge in [0.25, 0.3) is 5.91 Å². The molecule has 0 saturated carbocycles. The molecule has 132 valence electrons. The van der Waals surface area contributed by atoms with Crippen molar-refractivity contribution in [2.24, 2.45) is 0 Å². The Hall–Kier alpha value is -3.11. The van der Waals surface area contributed by atoms with Crippen LogP contribution in [0.15, 0.2) is 59.1 Å². The normalized spacial score (nSPS) is 16.8. The molecule has 2 aromatic carbocycles. The summed E-state index contributed by atoms with van der Waals surface area (Å²) in [5.74, 6) is 0.663. The summed E-state index contributed by atoms with van der Waals surface area (Å²) < 4.78 is 10.6. The van der Waals surface area contributed by atoms with E-state index in [4.69, 9.17) is 9.47 Å². The van der Waals surface area contributed by atoms with Gasteiger partial charge in [-0.15, -0.1) is 12.6 Å². The van der Waals surface area contributed by atoms with E-state index in [1.165, 1.54) is 0 Å². The molecule has 0 spiro atoms. The number of hydrogen-bond donors (Lipinski definition) is 2. The van der Waals surface area contributed by atoms with Crippen LogP contribution in [0.2, 0.25) is 0 Å². The molecule has 0 bridgehead atoms. The Morgan fingerprint density at radius 2 is 1.81 bits per heavy atom. The van der Waals surface area contributed by atoms with Crippen LogP contribution in [0.1, 0.15) is 11.7 Å². The van der Waals surface area contributed by atoms with Gasteiger partial charge in [0.15, 0.2) is 11.5 Å². The molecule has 1 N–H and O–H groups in total. The van der Waals surface area contributed by atoms with Crippen molar-refractivity contribution in [3.05, 3.63) is 64.7 Å². The number of anilines is 1. The number of rotatable bonds is 4. The number of carbonyl (C=O) groups excluding carboxylic acids is 1. The minimum Gasteiger partial charge on any atom is -0.493 e. The maximum absolute atomic E-state index is 12.4. The summed E-state index contributed by atoms with van der Waals surface area (Å²) in [6.07, 6.45) is -0.547. The molecule has 0 unspecified atom stereocenters. The molecule has 7 heteroatoms. The SMILES string of the molecule is COc1ccc([C@H]2NC(=O)C(C#N)=C(S)N2c2ccccc2)cc1OC. The molecule has 0 fully saturated rings. The standard InChI is InChI=1S/C19H17N3O3S/c1-24-15-9-8-12(10-16(15)25-2)17-21-18(23)14(11-20)19(26)22(17)13-6-4-3-5-7-13/h3-10,17,26H,1-2H3,(H,21,23)/t17-/m0/s1. The van der Waals surface area contributed by atoms with Gasteiger partial charge in [-0.2, -0.15) is 5.26 Å². The Bertz CT molecular complexity index is 906. The van der Waals surface area contributed by atoms with Gasteiger partial charge >= 0.3 is 0 Å². The zero-order valence-electron chi connectivity index (χ0n) is 14.3. The highest BCUT2D eigenvalue weighted by atomic mass is 32.1. The fourth-order valence-electron chi connectivity index (χ4n) is 2.82. The lowest BCUT2D eigenvalue weighted by Crippen LogP contribution is -2.46. The molecule has 0 saturated heterocycles. The number of para-hydroxylation sites is 1. The van der Waals surface area contributed by atoms with E-state index in [9.17, 15) is 10.1 Å². The summed E-state index contributed by atoms with van der Waals surface area (Å²) in [6.45, 7) is 0. The van der Waals surface area contributed by atoms with Crippen molar-refractivity contribution in [3.8, 4) is 17.6 Å². The van der Waals surface area contributed by atoms with E-state index in [0.717, 1.165) is 11.3 Å². The van der Waals surface area contributed by atoms with Gasteiger partial charge in [-0.25, -0.2) is 0 Å². The van der Waals surface area contributed by atoms with Crippen molar-refractivity contribution < 1.29 is 14.3 Å². The quantitative estimate of drug-likeness (QED) is 0.813. The van der Waals surface area contributed by atoms with Crippen LogP contribution in [0.4, 0.5) is 5.69 Å². The topological polar surface area (TPSA) is 74.6 Å². The van der Waals surface area contributed by atoms with Crippen LogP contribution in [0, 0.1) is 11.3 Å². The van der Waals surface area contributed by atoms with E-state index >= 15 is 0 Å². The van der Waals surface area contributed by atoms with Crippen molar-refractivity contribution in [3.63, 3.8) is 0 Å². The van der Waals surface area contributed by atoms with Crippen molar-refractivity contribution in [1.82, 2.24) is 5.32 Å². The highest BCUT2D eigenvalue weighted by molar-refractivity contribution is 7.84. The number of nitriles is 1. The number of thiol groups is 1. The lowest BCUT2D eigenvalue weighted by molar-refractivity contribution is -0.118. The minimum absolute atomic E-state index is 0.0334. The number of benzene rings is 2. The van der Waals surface area contributed by atoms with Gasteiger partial charge in [-0.1, -0.05) is 24.3 Å². The predicted molar refractivity (Wildman–Crippen MR) is 101 cm³/mol. The third kappa shape index (κ3) is 3.07. The Morgan fingerprint density at radius 1 is 1.12 bits per heavy atom. The molecule has 1 amide bonds. The molecule has 3 rings (SSSR count). The van der Waals surface area contributed by atoms with Gasteiger partial charge < -0.3 is 19.7 Å². The minimum atomic E-state index is -0.547. The number of nitrogens with zero attached hydrogens (tertiary/aromatic N) is 2. The fourth-order valence-corrected chi connectivity index (χ4v) is 3.20. The summed E-state index contributed by atoms with van der Waals surface area (Å²) in [4.78, 5) is 14.1. The zero-order valence-corrected chi connectivity index (χ0v) is 15.2. The molecule has 6 nitrogen and oxygen atoms in total. The Labute approximate surface area is 157 Å². The summed E-state index contributed by atoms with van der Waals surface area (Å²) in [5, 5.41) is 12.5. The summed E-state index contributed by atoms with van der Waals surface area (Å²) in [6, 6.07) is 16.7. The van der Waals surface area contributed by atoms with Gasteiger partial charge in [0, 0.05) is 5.69 Å². The van der Waals surface area contributed by atoms with Crippen LogP contribution in [0.25, 0.3) is 0 Å². The van der Waals surface area contributed by atoms with Gasteiger partial charge in [-0.05, 0) is 29.8 Å². The number of methoxy groups -OCH3 is 2. The summed E-state index contributed by atoms with van der Waals surface area (Å²) >= 11 is 4.47. The first kappa shape index (κ1) is 17.7. The lowest BCUT2D eigenvalue weighted by Gasteiger charge is -2.38. The third-order valence-electron chi connectivity index (χ3n) is 4.07. The van der Waals surface area contributed by atoms with Crippen molar-refractivity contribution in [1.29, 1.82) is 5.26 Å². The fraction of sp³-hybridized carbons (Fsp3) is 0.158. The van der Waals surface area contributed by atoms with Crippen molar-refractivity contribution in [2.45, 2.75) is 6.17 Å². The first-order valence-electron chi connectivity index (χ1n) is 7.81. The van der Waals surface area contributed by atoms with E-state index in [1.807, 2.05) is 42.5 Å². The molecule has 26 heavy (non-hydrogen) atoms. The third-order valence-corrected chi connectivity index (χ3v) is 4.51. The molecule has 0 radical (unpaired) electrons. The highest BCUT2D eigenvalue weighted by Gasteiger charge is 2.34. The monoisotopic (exact) mass is 367 g/mol. The average molecular weight is 367 g/mol. The molecule has 0 aliphatic carbocycles. The van der Waals surface area contributed by atoms with E-state index < -0.39 is 12.1 Å². The van der Waals surface area contributed by atoms with E-state index in [1.54, 1.807) is 31.3 Å². The molecule has 1 aliphatic heterocycles.